The number of aromatic nitrogens is 1. The van der Waals surface area contributed by atoms with Crippen molar-refractivity contribution in [2.24, 2.45) is 11.8 Å². The molecule has 0 spiro atoms. The zero-order valence-corrected chi connectivity index (χ0v) is 24.6. The molecule has 3 fully saturated rings. The molecule has 2 N–H and O–H groups in total. The van der Waals surface area contributed by atoms with Crippen LogP contribution < -0.4 is 5.32 Å². The molecule has 1 atom stereocenters. The largest absolute Gasteiger partial charge is 0.354 e. The van der Waals surface area contributed by atoms with Crippen molar-refractivity contribution in [3.8, 4) is 11.3 Å². The fraction of sp³-hybridized carbons (Fsp3) is 0.559. The number of H-pyrrole nitrogens is 1. The van der Waals surface area contributed by atoms with Gasteiger partial charge in [0.15, 0.2) is 0 Å². The first-order valence-corrected chi connectivity index (χ1v) is 14.8. The lowest BCUT2D eigenvalue weighted by Gasteiger charge is -2.47. The van der Waals surface area contributed by atoms with Gasteiger partial charge in [-0.05, 0) is 119 Å². The summed E-state index contributed by atoms with van der Waals surface area (Å²) in [6.45, 7) is 18.3. The van der Waals surface area contributed by atoms with Crippen molar-refractivity contribution in [3.05, 3.63) is 58.7 Å². The minimum absolute atomic E-state index is 0.296. The molecule has 0 radical (unpaired) electrons. The van der Waals surface area contributed by atoms with E-state index in [0.29, 0.717) is 29.7 Å². The minimum Gasteiger partial charge on any atom is -0.354 e. The Morgan fingerprint density at radius 1 is 1.00 bits per heavy atom. The number of benzene rings is 2. The number of nitrogens with one attached hydrogen (secondary N) is 2. The Morgan fingerprint density at radius 3 is 2.29 bits per heavy atom. The van der Waals surface area contributed by atoms with E-state index in [1.165, 1.54) is 59.0 Å². The molecule has 2 aromatic carbocycles. The summed E-state index contributed by atoms with van der Waals surface area (Å²) in [7, 11) is 0. The van der Waals surface area contributed by atoms with Crippen LogP contribution in [0.5, 0.6) is 0 Å². The van der Waals surface area contributed by atoms with Gasteiger partial charge >= 0.3 is 0 Å². The molecule has 2 aliphatic heterocycles. The van der Waals surface area contributed by atoms with Crippen molar-refractivity contribution < 1.29 is 4.79 Å². The van der Waals surface area contributed by atoms with Crippen LogP contribution >= 0.6 is 0 Å². The zero-order valence-electron chi connectivity index (χ0n) is 24.6. The van der Waals surface area contributed by atoms with Crippen molar-refractivity contribution in [2.45, 2.75) is 91.5 Å². The minimum atomic E-state index is -0.556. The molecule has 4 heteroatoms. The summed E-state index contributed by atoms with van der Waals surface area (Å²) in [5.41, 5.74) is 8.06. The maximum absolute atomic E-state index is 14.0. The van der Waals surface area contributed by atoms with Crippen LogP contribution in [0.4, 0.5) is 0 Å². The zero-order chi connectivity index (χ0) is 27.2. The summed E-state index contributed by atoms with van der Waals surface area (Å²) in [6.07, 6.45) is 4.93. The number of aromatic amines is 1. The maximum Gasteiger partial charge on any atom is 0.232 e. The molecule has 4 nitrogen and oxygen atoms in total. The smallest absolute Gasteiger partial charge is 0.232 e. The van der Waals surface area contributed by atoms with E-state index in [1.807, 2.05) is 0 Å². The summed E-state index contributed by atoms with van der Waals surface area (Å²) in [6, 6.07) is 13.9. The third kappa shape index (κ3) is 5.17. The van der Waals surface area contributed by atoms with Gasteiger partial charge in [0.25, 0.3) is 0 Å². The molecule has 3 aromatic rings. The number of aryl methyl sites for hydroxylation is 2. The molecule has 1 aromatic heterocycles. The van der Waals surface area contributed by atoms with Crippen molar-refractivity contribution >= 4 is 16.8 Å². The second-order valence-corrected chi connectivity index (χ2v) is 13.3. The Balaban J connectivity index is 1.56. The average molecular weight is 514 g/mol. The van der Waals surface area contributed by atoms with Gasteiger partial charge in [0.2, 0.25) is 5.91 Å². The SMILES string of the molecule is Cc1cc(C)cc(-c2[nH]c3ccc(C(C)(C)C(=O)N4CC5CCC4CC5)cc3c2[C@H](C)CNCC(C)C)c1. The first kappa shape index (κ1) is 27.0. The third-order valence-electron chi connectivity index (χ3n) is 9.07. The van der Waals surface area contributed by atoms with Crippen LogP contribution in [0.15, 0.2) is 36.4 Å². The summed E-state index contributed by atoms with van der Waals surface area (Å²) in [5, 5.41) is 4.93. The number of carbonyl (C=O) groups is 1. The fourth-order valence-corrected chi connectivity index (χ4v) is 6.95. The highest BCUT2D eigenvalue weighted by Gasteiger charge is 2.42. The number of amides is 1. The van der Waals surface area contributed by atoms with Gasteiger partial charge in [-0.3, -0.25) is 4.79 Å². The highest BCUT2D eigenvalue weighted by atomic mass is 16.2. The van der Waals surface area contributed by atoms with Crippen LogP contribution in [0.3, 0.4) is 0 Å². The molecule has 1 saturated carbocycles. The Labute approximate surface area is 229 Å². The van der Waals surface area contributed by atoms with Crippen molar-refractivity contribution in [2.75, 3.05) is 19.6 Å². The number of nitrogens with zero attached hydrogens (tertiary/aromatic N) is 1. The van der Waals surface area contributed by atoms with Crippen molar-refractivity contribution in [3.63, 3.8) is 0 Å². The van der Waals surface area contributed by atoms with Crippen LogP contribution in [0, 0.1) is 25.7 Å². The molecule has 3 aliphatic rings. The molecule has 38 heavy (non-hydrogen) atoms. The lowest BCUT2D eigenvalue weighted by Crippen LogP contribution is -2.55. The van der Waals surface area contributed by atoms with Gasteiger partial charge in [-0.15, -0.1) is 0 Å². The van der Waals surface area contributed by atoms with E-state index in [1.54, 1.807) is 0 Å². The van der Waals surface area contributed by atoms with Gasteiger partial charge in [0.05, 0.1) is 11.1 Å². The van der Waals surface area contributed by atoms with Crippen LogP contribution in [0.25, 0.3) is 22.2 Å². The van der Waals surface area contributed by atoms with Crippen LogP contribution in [-0.4, -0.2) is 41.5 Å². The molecular formula is C34H47N3O. The highest BCUT2D eigenvalue weighted by molar-refractivity contribution is 5.94. The van der Waals surface area contributed by atoms with E-state index >= 15 is 0 Å². The molecule has 3 heterocycles. The van der Waals surface area contributed by atoms with Crippen molar-refractivity contribution in [1.82, 2.24) is 15.2 Å². The quantitative estimate of drug-likeness (QED) is 0.328. The number of carbonyl (C=O) groups excluding carboxylic acids is 1. The Kier molecular flexibility index (Phi) is 7.48. The third-order valence-corrected chi connectivity index (χ3v) is 9.07. The van der Waals surface area contributed by atoms with Gasteiger partial charge < -0.3 is 15.2 Å². The lowest BCUT2D eigenvalue weighted by atomic mass is 9.76. The van der Waals surface area contributed by atoms with E-state index < -0.39 is 5.41 Å². The molecule has 1 amide bonds. The van der Waals surface area contributed by atoms with Gasteiger partial charge in [0, 0.05) is 30.0 Å². The number of fused-ring (bicyclic) bond motifs is 4. The van der Waals surface area contributed by atoms with Gasteiger partial charge in [0.1, 0.15) is 0 Å². The predicted molar refractivity (Wildman–Crippen MR) is 160 cm³/mol. The van der Waals surface area contributed by atoms with Crippen LogP contribution in [-0.2, 0) is 10.2 Å². The highest BCUT2D eigenvalue weighted by Crippen LogP contribution is 2.41. The number of piperidine rings is 2. The molecule has 0 unspecified atom stereocenters. The Morgan fingerprint density at radius 2 is 1.68 bits per heavy atom. The monoisotopic (exact) mass is 513 g/mol. The van der Waals surface area contributed by atoms with Crippen molar-refractivity contribution in [1.29, 1.82) is 0 Å². The van der Waals surface area contributed by atoms with E-state index in [2.05, 4.69) is 100 Å². The molecule has 2 bridgehead atoms. The van der Waals surface area contributed by atoms with Crippen LogP contribution in [0.1, 0.15) is 88.5 Å². The van der Waals surface area contributed by atoms with Gasteiger partial charge in [-0.2, -0.15) is 0 Å². The molecule has 2 saturated heterocycles. The number of hydrogen-bond acceptors (Lipinski definition) is 2. The summed E-state index contributed by atoms with van der Waals surface area (Å²) in [5.74, 6) is 1.93. The normalized spacial score (nSPS) is 20.5. The van der Waals surface area contributed by atoms with Gasteiger partial charge in [-0.25, -0.2) is 0 Å². The molecular weight excluding hydrogens is 466 g/mol. The van der Waals surface area contributed by atoms with E-state index in [0.717, 1.165) is 30.7 Å². The maximum atomic E-state index is 14.0. The average Bonchev–Trinajstić information content (AvgIpc) is 3.27. The number of rotatable bonds is 8. The predicted octanol–water partition coefficient (Wildman–Crippen LogP) is 7.48. The topological polar surface area (TPSA) is 48.1 Å². The molecule has 6 rings (SSSR count). The number of hydrogen-bond donors (Lipinski definition) is 2. The lowest BCUT2D eigenvalue weighted by molar-refractivity contribution is -0.144. The van der Waals surface area contributed by atoms with E-state index in [9.17, 15) is 4.79 Å². The first-order valence-electron chi connectivity index (χ1n) is 14.8. The van der Waals surface area contributed by atoms with Crippen LogP contribution in [0.2, 0.25) is 0 Å². The van der Waals surface area contributed by atoms with Gasteiger partial charge in [-0.1, -0.05) is 44.0 Å². The van der Waals surface area contributed by atoms with E-state index in [4.69, 9.17) is 0 Å². The summed E-state index contributed by atoms with van der Waals surface area (Å²) >= 11 is 0. The first-order chi connectivity index (χ1) is 18.0. The van der Waals surface area contributed by atoms with E-state index in [-0.39, 0.29) is 0 Å². The fourth-order valence-electron chi connectivity index (χ4n) is 6.95. The second-order valence-electron chi connectivity index (χ2n) is 13.3. The summed E-state index contributed by atoms with van der Waals surface area (Å²) in [4.78, 5) is 20.0. The second kappa shape index (κ2) is 10.5. The standard InChI is InChI=1S/C34H47N3O/c1-21(2)18-35-19-24(5)31-29-17-27(34(6,7)33(38)37-20-25-8-11-28(37)12-9-25)10-13-30(29)36-32(31)26-15-22(3)14-23(4)16-26/h10,13-17,21,24-25,28,35-36H,8-9,11-12,18-20H2,1-7H3/t24-,25?,28?/m1/s1. The molecule has 204 valence electrons. The Hall–Kier alpha value is -2.59. The Bertz CT molecular complexity index is 1290. The molecule has 1 aliphatic carbocycles. The summed E-state index contributed by atoms with van der Waals surface area (Å²) < 4.78 is 0.